The standard InChI is InChI=1S/C10H12BrN/c11-12-10-7-3-5-8-4-1-2-6-9(8)10/h1-2,4,6,10,12H,3,5,7H2. The van der Waals surface area contributed by atoms with Crippen LogP contribution >= 0.6 is 16.1 Å². The summed E-state index contributed by atoms with van der Waals surface area (Å²) in [5, 5.41) is 0. The average molecular weight is 226 g/mol. The molecule has 1 aliphatic carbocycles. The van der Waals surface area contributed by atoms with Crippen LogP contribution in [0.1, 0.15) is 30.0 Å². The fourth-order valence-corrected chi connectivity index (χ4v) is 2.34. The normalized spacial score (nSPS) is 21.9. The number of hydrogen-bond donors (Lipinski definition) is 1. The summed E-state index contributed by atoms with van der Waals surface area (Å²) in [7, 11) is 0. The van der Waals surface area contributed by atoms with Gasteiger partial charge in [-0.25, -0.2) is 4.34 Å². The van der Waals surface area contributed by atoms with E-state index in [2.05, 4.69) is 44.8 Å². The first-order valence-corrected chi connectivity index (χ1v) is 5.15. The molecule has 0 aromatic heterocycles. The molecule has 1 unspecified atom stereocenters. The molecule has 64 valence electrons. The summed E-state index contributed by atoms with van der Waals surface area (Å²) >= 11 is 3.33. The second-order valence-electron chi connectivity index (χ2n) is 3.25. The molecule has 1 aromatic carbocycles. The zero-order chi connectivity index (χ0) is 8.39. The molecule has 0 heterocycles. The Balaban J connectivity index is 2.37. The first-order valence-electron chi connectivity index (χ1n) is 4.36. The van der Waals surface area contributed by atoms with Gasteiger partial charge in [-0.3, -0.25) is 0 Å². The Labute approximate surface area is 81.5 Å². The minimum Gasteiger partial charge on any atom is -0.248 e. The zero-order valence-corrected chi connectivity index (χ0v) is 8.47. The molecule has 0 amide bonds. The SMILES string of the molecule is BrNC1CCCc2ccccc21. The molecule has 0 aliphatic heterocycles. The number of fused-ring (bicyclic) bond motifs is 1. The Morgan fingerprint density at radius 2 is 2.17 bits per heavy atom. The number of rotatable bonds is 1. The number of benzene rings is 1. The summed E-state index contributed by atoms with van der Waals surface area (Å²) in [5.74, 6) is 0. The van der Waals surface area contributed by atoms with Crippen LogP contribution in [0, 0.1) is 0 Å². The van der Waals surface area contributed by atoms with Crippen LogP contribution in [0.2, 0.25) is 0 Å². The predicted octanol–water partition coefficient (Wildman–Crippen LogP) is 2.96. The van der Waals surface area contributed by atoms with E-state index in [0.29, 0.717) is 6.04 Å². The van der Waals surface area contributed by atoms with Crippen LogP contribution in [0.5, 0.6) is 0 Å². The van der Waals surface area contributed by atoms with Gasteiger partial charge in [-0.1, -0.05) is 24.3 Å². The molecule has 0 radical (unpaired) electrons. The van der Waals surface area contributed by atoms with Gasteiger partial charge < -0.3 is 0 Å². The van der Waals surface area contributed by atoms with Crippen molar-refractivity contribution in [2.75, 3.05) is 0 Å². The number of halogens is 1. The highest BCUT2D eigenvalue weighted by Crippen LogP contribution is 2.29. The first-order chi connectivity index (χ1) is 5.92. The van der Waals surface area contributed by atoms with Gasteiger partial charge in [0.05, 0.1) is 0 Å². The summed E-state index contributed by atoms with van der Waals surface area (Å²) < 4.78 is 3.17. The molecule has 0 bridgehead atoms. The van der Waals surface area contributed by atoms with Crippen LogP contribution in [0.25, 0.3) is 0 Å². The second-order valence-corrected chi connectivity index (χ2v) is 3.71. The highest BCUT2D eigenvalue weighted by molar-refractivity contribution is 9.08. The molecule has 0 saturated heterocycles. The Morgan fingerprint density at radius 3 is 3.00 bits per heavy atom. The maximum Gasteiger partial charge on any atom is 0.0427 e. The van der Waals surface area contributed by atoms with E-state index in [9.17, 15) is 0 Å². The van der Waals surface area contributed by atoms with Crippen LogP contribution in [-0.2, 0) is 6.42 Å². The van der Waals surface area contributed by atoms with Crippen molar-refractivity contribution in [1.82, 2.24) is 4.34 Å². The van der Waals surface area contributed by atoms with Gasteiger partial charge >= 0.3 is 0 Å². The van der Waals surface area contributed by atoms with Gasteiger partial charge in [-0.05, 0) is 30.4 Å². The van der Waals surface area contributed by atoms with Crippen LogP contribution in [-0.4, -0.2) is 0 Å². The fourth-order valence-electron chi connectivity index (χ4n) is 1.87. The first kappa shape index (κ1) is 8.27. The van der Waals surface area contributed by atoms with E-state index in [1.54, 1.807) is 0 Å². The number of hydrogen-bond acceptors (Lipinski definition) is 1. The monoisotopic (exact) mass is 225 g/mol. The van der Waals surface area contributed by atoms with Crippen LogP contribution in [0.15, 0.2) is 24.3 Å². The summed E-state index contributed by atoms with van der Waals surface area (Å²) in [6, 6.07) is 9.19. The third-order valence-electron chi connectivity index (χ3n) is 2.50. The molecule has 2 rings (SSSR count). The van der Waals surface area contributed by atoms with E-state index in [0.717, 1.165) is 0 Å². The molecule has 0 saturated carbocycles. The van der Waals surface area contributed by atoms with Gasteiger partial charge in [-0.15, -0.1) is 0 Å². The van der Waals surface area contributed by atoms with Crippen molar-refractivity contribution in [2.24, 2.45) is 0 Å². The zero-order valence-electron chi connectivity index (χ0n) is 6.89. The molecular weight excluding hydrogens is 214 g/mol. The van der Waals surface area contributed by atoms with E-state index in [1.807, 2.05) is 0 Å². The third kappa shape index (κ3) is 1.41. The van der Waals surface area contributed by atoms with Crippen LogP contribution in [0.4, 0.5) is 0 Å². The molecule has 2 heteroatoms. The van der Waals surface area contributed by atoms with E-state index in [4.69, 9.17) is 0 Å². The van der Waals surface area contributed by atoms with Gasteiger partial charge in [0.25, 0.3) is 0 Å². The van der Waals surface area contributed by atoms with Gasteiger partial charge in [0.2, 0.25) is 0 Å². The van der Waals surface area contributed by atoms with E-state index >= 15 is 0 Å². The van der Waals surface area contributed by atoms with Crippen molar-refractivity contribution < 1.29 is 0 Å². The molecule has 0 spiro atoms. The lowest BCUT2D eigenvalue weighted by atomic mass is 9.88. The highest BCUT2D eigenvalue weighted by atomic mass is 79.9. The highest BCUT2D eigenvalue weighted by Gasteiger charge is 2.17. The van der Waals surface area contributed by atoms with Gasteiger partial charge in [0.1, 0.15) is 0 Å². The van der Waals surface area contributed by atoms with Gasteiger partial charge in [0, 0.05) is 22.2 Å². The van der Waals surface area contributed by atoms with Crippen molar-refractivity contribution in [3.05, 3.63) is 35.4 Å². The number of aryl methyl sites for hydroxylation is 1. The van der Waals surface area contributed by atoms with Gasteiger partial charge in [-0.2, -0.15) is 0 Å². The molecular formula is C10H12BrN. The lowest BCUT2D eigenvalue weighted by Crippen LogP contribution is -2.17. The molecule has 1 N–H and O–H groups in total. The minimum atomic E-state index is 0.509. The molecule has 1 atom stereocenters. The van der Waals surface area contributed by atoms with Crippen molar-refractivity contribution >= 4 is 16.1 Å². The fraction of sp³-hybridized carbons (Fsp3) is 0.400. The Bertz CT molecular complexity index is 272. The van der Waals surface area contributed by atoms with E-state index < -0.39 is 0 Å². The largest absolute Gasteiger partial charge is 0.248 e. The smallest absolute Gasteiger partial charge is 0.0427 e. The molecule has 1 aliphatic rings. The quantitative estimate of drug-likeness (QED) is 0.726. The van der Waals surface area contributed by atoms with Crippen molar-refractivity contribution in [3.8, 4) is 0 Å². The Kier molecular flexibility index (Phi) is 2.47. The maximum atomic E-state index is 3.33. The maximum absolute atomic E-state index is 3.33. The summed E-state index contributed by atoms with van der Waals surface area (Å²) in [4.78, 5) is 0. The second kappa shape index (κ2) is 3.58. The van der Waals surface area contributed by atoms with Crippen LogP contribution < -0.4 is 4.34 Å². The number of nitrogens with one attached hydrogen (secondary N) is 1. The predicted molar refractivity (Wildman–Crippen MR) is 54.2 cm³/mol. The van der Waals surface area contributed by atoms with Crippen molar-refractivity contribution in [3.63, 3.8) is 0 Å². The summed E-state index contributed by atoms with van der Waals surface area (Å²) in [5.41, 5.74) is 2.96. The van der Waals surface area contributed by atoms with Gasteiger partial charge in [0.15, 0.2) is 0 Å². The molecule has 12 heavy (non-hydrogen) atoms. The van der Waals surface area contributed by atoms with Crippen LogP contribution in [0.3, 0.4) is 0 Å². The Hall–Kier alpha value is -0.340. The van der Waals surface area contributed by atoms with E-state index in [-0.39, 0.29) is 0 Å². The Morgan fingerprint density at radius 1 is 1.33 bits per heavy atom. The third-order valence-corrected chi connectivity index (χ3v) is 3.05. The van der Waals surface area contributed by atoms with E-state index in [1.165, 1.54) is 30.4 Å². The minimum absolute atomic E-state index is 0.509. The topological polar surface area (TPSA) is 12.0 Å². The lowest BCUT2D eigenvalue weighted by Gasteiger charge is -2.23. The lowest BCUT2D eigenvalue weighted by molar-refractivity contribution is 0.548. The molecule has 1 aromatic rings. The van der Waals surface area contributed by atoms with Crippen molar-refractivity contribution in [1.29, 1.82) is 0 Å². The van der Waals surface area contributed by atoms with Crippen molar-refractivity contribution in [2.45, 2.75) is 25.3 Å². The average Bonchev–Trinajstić information content (AvgIpc) is 2.17. The molecule has 1 nitrogen and oxygen atoms in total. The summed E-state index contributed by atoms with van der Waals surface area (Å²) in [6.45, 7) is 0. The molecule has 0 fully saturated rings. The summed E-state index contributed by atoms with van der Waals surface area (Å²) in [6.07, 6.45) is 3.77.